The molecule has 0 aliphatic carbocycles. The third kappa shape index (κ3) is 12.4. The zero-order valence-corrected chi connectivity index (χ0v) is 14.7. The molecule has 0 unspecified atom stereocenters. The molecule has 0 radical (unpaired) electrons. The van der Waals surface area contributed by atoms with Crippen LogP contribution in [0.15, 0.2) is 0 Å². The summed E-state index contributed by atoms with van der Waals surface area (Å²) in [6.45, 7) is 18.1. The maximum absolute atomic E-state index is 11.9. The summed E-state index contributed by atoms with van der Waals surface area (Å²) in [5, 5.41) is 0. The first-order valence-electron chi connectivity index (χ1n) is 7.83. The molecule has 0 fully saturated rings. The normalized spacial score (nSPS) is 13.7. The molecule has 0 atom stereocenters. The second-order valence-electron chi connectivity index (χ2n) is 9.35. The Morgan fingerprint density at radius 3 is 1.68 bits per heavy atom. The molecule has 19 heavy (non-hydrogen) atoms. The van der Waals surface area contributed by atoms with E-state index < -0.39 is 0 Å². The maximum Gasteiger partial charge on any atom is 0.132 e. The van der Waals surface area contributed by atoms with E-state index in [9.17, 15) is 4.79 Å². The van der Waals surface area contributed by atoms with E-state index in [4.69, 9.17) is 0 Å². The van der Waals surface area contributed by atoms with E-state index in [2.05, 4.69) is 55.4 Å². The van der Waals surface area contributed by atoms with Crippen molar-refractivity contribution in [2.24, 2.45) is 16.2 Å². The molecule has 0 saturated carbocycles. The lowest BCUT2D eigenvalue weighted by Crippen LogP contribution is -2.21. The van der Waals surface area contributed by atoms with Crippen molar-refractivity contribution in [2.45, 2.75) is 93.9 Å². The van der Waals surface area contributed by atoms with E-state index in [0.29, 0.717) is 16.6 Å². The van der Waals surface area contributed by atoms with Gasteiger partial charge in [0.25, 0.3) is 0 Å². The van der Waals surface area contributed by atoms with Gasteiger partial charge in [0, 0.05) is 12.8 Å². The van der Waals surface area contributed by atoms with Crippen molar-refractivity contribution in [2.75, 3.05) is 0 Å². The molecule has 1 nitrogen and oxygen atoms in total. The Kier molecular flexibility index (Phi) is 6.78. The number of rotatable bonds is 7. The molecule has 0 aromatic rings. The van der Waals surface area contributed by atoms with E-state index >= 15 is 0 Å². The highest BCUT2D eigenvalue weighted by Crippen LogP contribution is 2.36. The van der Waals surface area contributed by atoms with Gasteiger partial charge in [0.1, 0.15) is 5.78 Å². The molecule has 0 amide bonds. The van der Waals surface area contributed by atoms with Crippen LogP contribution in [0.1, 0.15) is 93.9 Å². The van der Waals surface area contributed by atoms with Gasteiger partial charge in [0.05, 0.1) is 0 Å². The minimum absolute atomic E-state index is 0.276. The predicted molar refractivity (Wildman–Crippen MR) is 85.4 cm³/mol. The molecule has 0 aromatic carbocycles. The summed E-state index contributed by atoms with van der Waals surface area (Å²) in [5.41, 5.74) is 0.975. The average Bonchev–Trinajstić information content (AvgIpc) is 2.09. The van der Waals surface area contributed by atoms with Gasteiger partial charge in [-0.15, -0.1) is 0 Å². The Bertz CT molecular complexity index is 273. The first-order valence-corrected chi connectivity index (χ1v) is 7.83. The lowest BCUT2D eigenvalue weighted by atomic mass is 9.73. The standard InChI is InChI=1S/C18H36O/c1-16(2,3)12-9-10-15(19)11-13-18(7,8)14-17(4,5)6/h9-14H2,1-8H3. The first kappa shape index (κ1) is 18.7. The molecule has 0 aliphatic heterocycles. The molecule has 0 aliphatic rings. The van der Waals surface area contributed by atoms with Crippen LogP contribution in [0, 0.1) is 16.2 Å². The zero-order valence-electron chi connectivity index (χ0n) is 14.7. The van der Waals surface area contributed by atoms with Crippen LogP contribution in [-0.2, 0) is 4.79 Å². The highest BCUT2D eigenvalue weighted by atomic mass is 16.1. The van der Waals surface area contributed by atoms with Gasteiger partial charge < -0.3 is 0 Å². The third-order valence-electron chi connectivity index (χ3n) is 3.47. The van der Waals surface area contributed by atoms with Crippen LogP contribution in [-0.4, -0.2) is 5.78 Å². The average molecular weight is 268 g/mol. The lowest BCUT2D eigenvalue weighted by Gasteiger charge is -2.32. The van der Waals surface area contributed by atoms with E-state index in [1.165, 1.54) is 6.42 Å². The Hall–Kier alpha value is -0.330. The molecule has 0 aromatic heterocycles. The monoisotopic (exact) mass is 268 g/mol. The van der Waals surface area contributed by atoms with Crippen molar-refractivity contribution in [1.82, 2.24) is 0 Å². The summed E-state index contributed by atoms with van der Waals surface area (Å²) in [5.74, 6) is 0.450. The molecule has 0 N–H and O–H groups in total. The van der Waals surface area contributed by atoms with Crippen LogP contribution < -0.4 is 0 Å². The SMILES string of the molecule is CC(C)(C)CCCC(=O)CCC(C)(C)CC(C)(C)C. The summed E-state index contributed by atoms with van der Waals surface area (Å²) in [7, 11) is 0. The number of hydrogen-bond acceptors (Lipinski definition) is 1. The topological polar surface area (TPSA) is 17.1 Å². The molecule has 0 bridgehead atoms. The van der Waals surface area contributed by atoms with Gasteiger partial charge in [-0.05, 0) is 41.9 Å². The van der Waals surface area contributed by atoms with Crippen LogP contribution in [0.3, 0.4) is 0 Å². The van der Waals surface area contributed by atoms with Crippen molar-refractivity contribution in [1.29, 1.82) is 0 Å². The van der Waals surface area contributed by atoms with Gasteiger partial charge in [0.15, 0.2) is 0 Å². The van der Waals surface area contributed by atoms with Crippen molar-refractivity contribution in [3.8, 4) is 0 Å². The Balaban J connectivity index is 3.96. The van der Waals surface area contributed by atoms with Crippen molar-refractivity contribution in [3.05, 3.63) is 0 Å². The van der Waals surface area contributed by atoms with Gasteiger partial charge >= 0.3 is 0 Å². The predicted octanol–water partition coefficient (Wildman–Crippen LogP) is 6.01. The largest absolute Gasteiger partial charge is 0.300 e. The summed E-state index contributed by atoms with van der Waals surface area (Å²) < 4.78 is 0. The van der Waals surface area contributed by atoms with Gasteiger partial charge in [-0.3, -0.25) is 4.79 Å². The lowest BCUT2D eigenvalue weighted by molar-refractivity contribution is -0.119. The fourth-order valence-electron chi connectivity index (χ4n) is 2.94. The summed E-state index contributed by atoms with van der Waals surface area (Å²) >= 11 is 0. The van der Waals surface area contributed by atoms with Crippen LogP contribution in [0.25, 0.3) is 0 Å². The summed E-state index contributed by atoms with van der Waals surface area (Å²) in [6, 6.07) is 0. The fourth-order valence-corrected chi connectivity index (χ4v) is 2.94. The number of ketones is 1. The van der Waals surface area contributed by atoms with Crippen LogP contribution in [0.2, 0.25) is 0 Å². The molecule has 0 saturated heterocycles. The Labute approximate surface area is 121 Å². The van der Waals surface area contributed by atoms with Crippen molar-refractivity contribution in [3.63, 3.8) is 0 Å². The number of Topliss-reactive ketones (excluding diaryl/α,β-unsaturated/α-hetero) is 1. The zero-order chi connectivity index (χ0) is 15.3. The molecule has 0 spiro atoms. The number of carbonyl (C=O) groups is 1. The second-order valence-corrected chi connectivity index (χ2v) is 9.35. The van der Waals surface area contributed by atoms with Crippen molar-refractivity contribution >= 4 is 5.78 Å². The molecular weight excluding hydrogens is 232 g/mol. The number of carbonyl (C=O) groups excluding carboxylic acids is 1. The van der Waals surface area contributed by atoms with Crippen LogP contribution in [0.4, 0.5) is 0 Å². The second kappa shape index (κ2) is 6.90. The highest BCUT2D eigenvalue weighted by molar-refractivity contribution is 5.78. The van der Waals surface area contributed by atoms with Gasteiger partial charge in [-0.25, -0.2) is 0 Å². The quantitative estimate of drug-likeness (QED) is 0.552. The molecule has 1 heteroatoms. The van der Waals surface area contributed by atoms with Gasteiger partial charge in [-0.1, -0.05) is 55.4 Å². The van der Waals surface area contributed by atoms with E-state index in [1.807, 2.05) is 0 Å². The van der Waals surface area contributed by atoms with Crippen LogP contribution >= 0.6 is 0 Å². The smallest absolute Gasteiger partial charge is 0.132 e. The maximum atomic E-state index is 11.9. The Morgan fingerprint density at radius 2 is 1.26 bits per heavy atom. The summed E-state index contributed by atoms with van der Waals surface area (Å²) in [6.07, 6.45) is 5.91. The van der Waals surface area contributed by atoms with Gasteiger partial charge in [-0.2, -0.15) is 0 Å². The number of hydrogen-bond donors (Lipinski definition) is 0. The minimum Gasteiger partial charge on any atom is -0.300 e. The van der Waals surface area contributed by atoms with Crippen molar-refractivity contribution < 1.29 is 4.79 Å². The highest BCUT2D eigenvalue weighted by Gasteiger charge is 2.25. The fraction of sp³-hybridized carbons (Fsp3) is 0.944. The van der Waals surface area contributed by atoms with E-state index in [-0.39, 0.29) is 5.41 Å². The van der Waals surface area contributed by atoms with Crippen LogP contribution in [0.5, 0.6) is 0 Å². The van der Waals surface area contributed by atoms with E-state index in [1.54, 1.807) is 0 Å². The molecule has 114 valence electrons. The summed E-state index contributed by atoms with van der Waals surface area (Å²) in [4.78, 5) is 11.9. The van der Waals surface area contributed by atoms with E-state index in [0.717, 1.165) is 32.1 Å². The minimum atomic E-state index is 0.276. The Morgan fingerprint density at radius 1 is 0.737 bits per heavy atom. The molecule has 0 heterocycles. The molecule has 0 rings (SSSR count). The van der Waals surface area contributed by atoms with Gasteiger partial charge in [0.2, 0.25) is 0 Å². The first-order chi connectivity index (χ1) is 8.31. The molecular formula is C18H36O. The third-order valence-corrected chi connectivity index (χ3v) is 3.47.